The maximum Gasteiger partial charge on any atom is 0.255 e. The zero-order valence-electron chi connectivity index (χ0n) is 20.2. The van der Waals surface area contributed by atoms with E-state index in [1.54, 1.807) is 36.4 Å². The van der Waals surface area contributed by atoms with Gasteiger partial charge in [0.2, 0.25) is 10.0 Å². The second-order valence-corrected chi connectivity index (χ2v) is 9.92. The van der Waals surface area contributed by atoms with Gasteiger partial charge < -0.3 is 14.8 Å². The smallest absolute Gasteiger partial charge is 0.255 e. The van der Waals surface area contributed by atoms with Crippen LogP contribution in [0.3, 0.4) is 0 Å². The van der Waals surface area contributed by atoms with E-state index in [1.165, 1.54) is 12.1 Å². The molecule has 7 nitrogen and oxygen atoms in total. The van der Waals surface area contributed by atoms with Crippen LogP contribution in [0.2, 0.25) is 0 Å². The molecule has 4 rings (SSSR count). The summed E-state index contributed by atoms with van der Waals surface area (Å²) in [6, 6.07) is 32.0. The van der Waals surface area contributed by atoms with Crippen LogP contribution in [0.5, 0.6) is 11.5 Å². The molecule has 0 radical (unpaired) electrons. The largest absolute Gasteiger partial charge is 0.490 e. The average molecular weight is 517 g/mol. The van der Waals surface area contributed by atoms with Gasteiger partial charge in [-0.1, -0.05) is 54.6 Å². The lowest BCUT2D eigenvalue weighted by atomic mass is 10.2. The number of carbonyl (C=O) groups is 1. The Morgan fingerprint density at radius 1 is 0.703 bits per heavy atom. The summed E-state index contributed by atoms with van der Waals surface area (Å²) in [7, 11) is -3.65. The number of sulfonamides is 1. The number of amides is 1. The molecule has 0 heterocycles. The Hall–Kier alpha value is -4.14. The van der Waals surface area contributed by atoms with Crippen molar-refractivity contribution < 1.29 is 22.7 Å². The van der Waals surface area contributed by atoms with E-state index in [9.17, 15) is 13.2 Å². The quantitative estimate of drug-likeness (QED) is 0.261. The summed E-state index contributed by atoms with van der Waals surface area (Å²) in [5.74, 6) is 0.982. The van der Waals surface area contributed by atoms with E-state index in [1.807, 2.05) is 60.7 Å². The minimum absolute atomic E-state index is 0.131. The summed E-state index contributed by atoms with van der Waals surface area (Å²) in [6.07, 6.45) is 0.594. The van der Waals surface area contributed by atoms with Crippen LogP contribution in [0, 0.1) is 0 Å². The maximum atomic E-state index is 12.7. The summed E-state index contributed by atoms with van der Waals surface area (Å²) in [6.45, 7) is 0.994. The van der Waals surface area contributed by atoms with E-state index in [2.05, 4.69) is 10.0 Å². The van der Waals surface area contributed by atoms with Crippen LogP contribution in [0.15, 0.2) is 114 Å². The predicted molar refractivity (Wildman–Crippen MR) is 144 cm³/mol. The van der Waals surface area contributed by atoms with E-state index in [4.69, 9.17) is 9.47 Å². The van der Waals surface area contributed by atoms with Crippen LogP contribution in [0.1, 0.15) is 15.9 Å². The van der Waals surface area contributed by atoms with Crippen LogP contribution < -0.4 is 19.5 Å². The molecule has 2 N–H and O–H groups in total. The van der Waals surface area contributed by atoms with Gasteiger partial charge in [-0.15, -0.1) is 0 Å². The third-order valence-corrected chi connectivity index (χ3v) is 6.91. The molecule has 0 atom stereocenters. The van der Waals surface area contributed by atoms with Crippen LogP contribution >= 0.6 is 0 Å². The number of hydrogen-bond donors (Lipinski definition) is 2. The molecule has 8 heteroatoms. The van der Waals surface area contributed by atoms with E-state index in [-0.39, 0.29) is 10.8 Å². The minimum atomic E-state index is -3.65. The number of ether oxygens (including phenoxy) is 2. The molecule has 1 amide bonds. The van der Waals surface area contributed by atoms with Gasteiger partial charge >= 0.3 is 0 Å². The van der Waals surface area contributed by atoms with Crippen LogP contribution in [0.4, 0.5) is 5.69 Å². The third kappa shape index (κ3) is 7.93. The van der Waals surface area contributed by atoms with Crippen molar-refractivity contribution in [3.8, 4) is 11.5 Å². The summed E-state index contributed by atoms with van der Waals surface area (Å²) in [4.78, 5) is 12.8. The molecule has 0 spiro atoms. The van der Waals surface area contributed by atoms with Crippen molar-refractivity contribution in [3.63, 3.8) is 0 Å². The van der Waals surface area contributed by atoms with Crippen LogP contribution in [0.25, 0.3) is 0 Å². The van der Waals surface area contributed by atoms with Gasteiger partial charge in [0.25, 0.3) is 5.91 Å². The Morgan fingerprint density at radius 3 is 2.03 bits per heavy atom. The topological polar surface area (TPSA) is 93.7 Å². The second kappa shape index (κ2) is 12.7. The van der Waals surface area contributed by atoms with Crippen molar-refractivity contribution in [1.29, 1.82) is 0 Å². The monoisotopic (exact) mass is 516 g/mol. The van der Waals surface area contributed by atoms with Crippen molar-refractivity contribution in [2.75, 3.05) is 25.1 Å². The van der Waals surface area contributed by atoms with Gasteiger partial charge in [0, 0.05) is 17.8 Å². The van der Waals surface area contributed by atoms with Gasteiger partial charge in [0.05, 0.1) is 4.90 Å². The van der Waals surface area contributed by atoms with Gasteiger partial charge in [-0.05, 0) is 66.6 Å². The summed E-state index contributed by atoms with van der Waals surface area (Å²) in [5.41, 5.74) is 1.95. The molecule has 0 aliphatic rings. The first-order valence-electron chi connectivity index (χ1n) is 11.9. The molecular weight excluding hydrogens is 488 g/mol. The summed E-state index contributed by atoms with van der Waals surface area (Å²) < 4.78 is 39.1. The zero-order valence-corrected chi connectivity index (χ0v) is 21.0. The van der Waals surface area contributed by atoms with Crippen LogP contribution in [-0.2, 0) is 16.4 Å². The zero-order chi connectivity index (χ0) is 25.9. The molecule has 0 aromatic heterocycles. The predicted octanol–water partition coefficient (Wildman–Crippen LogP) is 4.92. The summed E-state index contributed by atoms with van der Waals surface area (Å²) >= 11 is 0. The number of nitrogens with one attached hydrogen (secondary N) is 2. The molecule has 0 aliphatic carbocycles. The first kappa shape index (κ1) is 25.9. The number of carbonyl (C=O) groups excluding carboxylic acids is 1. The first-order chi connectivity index (χ1) is 18.0. The van der Waals surface area contributed by atoms with E-state index < -0.39 is 10.0 Å². The molecule has 37 heavy (non-hydrogen) atoms. The molecule has 0 fully saturated rings. The van der Waals surface area contributed by atoms with Gasteiger partial charge in [-0.3, -0.25) is 4.79 Å². The molecule has 190 valence electrons. The molecule has 0 unspecified atom stereocenters. The molecule has 0 bridgehead atoms. The summed E-state index contributed by atoms with van der Waals surface area (Å²) in [5, 5.41) is 2.78. The van der Waals surface area contributed by atoms with Gasteiger partial charge in [-0.25, -0.2) is 13.1 Å². The second-order valence-electron chi connectivity index (χ2n) is 8.15. The fourth-order valence-corrected chi connectivity index (χ4v) is 4.57. The number of hydrogen-bond acceptors (Lipinski definition) is 5. The lowest BCUT2D eigenvalue weighted by Crippen LogP contribution is -2.26. The number of benzene rings is 4. The highest BCUT2D eigenvalue weighted by Gasteiger charge is 2.14. The average Bonchev–Trinajstić information content (AvgIpc) is 2.93. The normalized spacial score (nSPS) is 11.0. The van der Waals surface area contributed by atoms with Crippen molar-refractivity contribution in [3.05, 3.63) is 120 Å². The lowest BCUT2D eigenvalue weighted by molar-refractivity contribution is 0.102. The van der Waals surface area contributed by atoms with Crippen molar-refractivity contribution in [1.82, 2.24) is 4.72 Å². The lowest BCUT2D eigenvalue weighted by Gasteiger charge is -2.11. The molecule has 4 aromatic carbocycles. The van der Waals surface area contributed by atoms with Gasteiger partial charge in [0.15, 0.2) is 0 Å². The SMILES string of the molecule is O=C(Nc1ccc(S(=O)(=O)NCCc2ccccc2)cc1)c1cccc(OCCOc2ccccc2)c1. The fourth-order valence-electron chi connectivity index (χ4n) is 3.54. The molecule has 4 aromatic rings. The van der Waals surface area contributed by atoms with E-state index >= 15 is 0 Å². The van der Waals surface area contributed by atoms with Gasteiger partial charge in [0.1, 0.15) is 24.7 Å². The van der Waals surface area contributed by atoms with Crippen molar-refractivity contribution in [2.24, 2.45) is 0 Å². The Bertz CT molecular complexity index is 1390. The van der Waals surface area contributed by atoms with E-state index in [0.717, 1.165) is 11.3 Å². The molecule has 0 aliphatic heterocycles. The first-order valence-corrected chi connectivity index (χ1v) is 13.3. The van der Waals surface area contributed by atoms with Crippen molar-refractivity contribution in [2.45, 2.75) is 11.3 Å². The third-order valence-electron chi connectivity index (χ3n) is 5.43. The van der Waals surface area contributed by atoms with E-state index in [0.29, 0.717) is 43.2 Å². The molecule has 0 saturated heterocycles. The van der Waals surface area contributed by atoms with Crippen LogP contribution in [-0.4, -0.2) is 34.1 Å². The Morgan fingerprint density at radius 2 is 1.32 bits per heavy atom. The Balaban J connectivity index is 1.27. The number of para-hydroxylation sites is 1. The highest BCUT2D eigenvalue weighted by atomic mass is 32.2. The Kier molecular flexibility index (Phi) is 8.91. The highest BCUT2D eigenvalue weighted by molar-refractivity contribution is 7.89. The highest BCUT2D eigenvalue weighted by Crippen LogP contribution is 2.18. The Labute approximate surface area is 217 Å². The van der Waals surface area contributed by atoms with Gasteiger partial charge in [-0.2, -0.15) is 0 Å². The standard InChI is InChI=1S/C29H28N2O5S/c32-29(24-10-7-13-27(22-24)36-21-20-35-26-11-5-2-6-12-26)31-25-14-16-28(17-15-25)37(33,34)30-19-18-23-8-3-1-4-9-23/h1-17,22,30H,18-21H2,(H,31,32). The molecular formula is C29H28N2O5S. The number of rotatable bonds is 12. The van der Waals surface area contributed by atoms with Crippen molar-refractivity contribution >= 4 is 21.6 Å². The fraction of sp³-hybridized carbons (Fsp3) is 0.138. The number of anilines is 1. The molecule has 0 saturated carbocycles. The minimum Gasteiger partial charge on any atom is -0.490 e. The maximum absolute atomic E-state index is 12.7.